The third-order valence-corrected chi connectivity index (χ3v) is 1.86. The normalized spacial score (nSPS) is 31.2. The molecule has 1 fully saturated rings. The number of rotatable bonds is 3. The van der Waals surface area contributed by atoms with E-state index in [9.17, 15) is 4.79 Å². The molecule has 0 aliphatic heterocycles. The van der Waals surface area contributed by atoms with Gasteiger partial charge in [-0.15, -0.1) is 0 Å². The van der Waals surface area contributed by atoms with Gasteiger partial charge in [0.2, 0.25) is 5.91 Å². The molecule has 0 aromatic heterocycles. The van der Waals surface area contributed by atoms with Gasteiger partial charge in [-0.25, -0.2) is 0 Å². The number of amides is 1. The zero-order valence-corrected chi connectivity index (χ0v) is 6.45. The summed E-state index contributed by atoms with van der Waals surface area (Å²) in [7, 11) is 0. The van der Waals surface area contributed by atoms with E-state index in [0.717, 1.165) is 6.42 Å². The van der Waals surface area contributed by atoms with Crippen molar-refractivity contribution in [3.8, 4) is 0 Å². The minimum absolute atomic E-state index is 0.0853. The summed E-state index contributed by atoms with van der Waals surface area (Å²) in [5.41, 5.74) is 0. The highest BCUT2D eigenvalue weighted by Crippen LogP contribution is 2.29. The maximum absolute atomic E-state index is 10.8. The zero-order chi connectivity index (χ0) is 8.43. The lowest BCUT2D eigenvalue weighted by Crippen LogP contribution is -2.35. The molecule has 1 saturated carbocycles. The summed E-state index contributed by atoms with van der Waals surface area (Å²) in [5.74, 6) is -0.149. The molecule has 0 heterocycles. The summed E-state index contributed by atoms with van der Waals surface area (Å²) >= 11 is 0. The van der Waals surface area contributed by atoms with Gasteiger partial charge in [0.15, 0.2) is 0 Å². The van der Waals surface area contributed by atoms with Crippen molar-refractivity contribution in [2.75, 3.05) is 6.61 Å². The molecule has 11 heavy (non-hydrogen) atoms. The molecular formula is C7H13NO3. The predicted molar refractivity (Wildman–Crippen MR) is 38.8 cm³/mol. The third kappa shape index (κ3) is 2.17. The van der Waals surface area contributed by atoms with Crippen molar-refractivity contribution < 1.29 is 15.0 Å². The van der Waals surface area contributed by atoms with Gasteiger partial charge in [-0.2, -0.15) is 0 Å². The Morgan fingerprint density at radius 3 is 2.82 bits per heavy atom. The summed E-state index contributed by atoms with van der Waals surface area (Å²) in [5, 5.41) is 20.0. The SMILES string of the molecule is CC(O)C(=O)N[C@@H]1C[C@H]1CO. The van der Waals surface area contributed by atoms with Crippen LogP contribution in [0.4, 0.5) is 0 Å². The van der Waals surface area contributed by atoms with Crippen molar-refractivity contribution >= 4 is 5.91 Å². The Balaban J connectivity index is 2.18. The molecule has 3 N–H and O–H groups in total. The van der Waals surface area contributed by atoms with Crippen LogP contribution in [0.15, 0.2) is 0 Å². The molecule has 0 saturated heterocycles. The van der Waals surface area contributed by atoms with Crippen LogP contribution in [0.25, 0.3) is 0 Å². The fourth-order valence-electron chi connectivity index (χ4n) is 0.929. The number of aliphatic hydroxyl groups is 2. The van der Waals surface area contributed by atoms with Gasteiger partial charge in [-0.3, -0.25) is 4.79 Å². The highest BCUT2D eigenvalue weighted by molar-refractivity contribution is 5.80. The topological polar surface area (TPSA) is 69.6 Å². The zero-order valence-electron chi connectivity index (χ0n) is 6.45. The van der Waals surface area contributed by atoms with Crippen LogP contribution in [0.1, 0.15) is 13.3 Å². The minimum atomic E-state index is -0.949. The van der Waals surface area contributed by atoms with Gasteiger partial charge in [-0.1, -0.05) is 0 Å². The van der Waals surface area contributed by atoms with Gasteiger partial charge in [0.05, 0.1) is 0 Å². The van der Waals surface area contributed by atoms with Crippen LogP contribution in [0.2, 0.25) is 0 Å². The average molecular weight is 159 g/mol. The first-order valence-corrected chi connectivity index (χ1v) is 3.74. The third-order valence-electron chi connectivity index (χ3n) is 1.86. The van der Waals surface area contributed by atoms with Gasteiger partial charge >= 0.3 is 0 Å². The van der Waals surface area contributed by atoms with Gasteiger partial charge in [0.1, 0.15) is 6.10 Å². The lowest BCUT2D eigenvalue weighted by Gasteiger charge is -2.04. The molecule has 1 aliphatic carbocycles. The first-order chi connectivity index (χ1) is 5.15. The molecule has 4 nitrogen and oxygen atoms in total. The van der Waals surface area contributed by atoms with E-state index < -0.39 is 6.10 Å². The summed E-state index contributed by atoms with van der Waals surface area (Å²) in [4.78, 5) is 10.8. The lowest BCUT2D eigenvalue weighted by molar-refractivity contribution is -0.128. The molecular weight excluding hydrogens is 146 g/mol. The number of carbonyl (C=O) groups excluding carboxylic acids is 1. The molecule has 1 aliphatic rings. The van der Waals surface area contributed by atoms with E-state index in [1.54, 1.807) is 0 Å². The van der Waals surface area contributed by atoms with Crippen molar-refractivity contribution in [3.05, 3.63) is 0 Å². The van der Waals surface area contributed by atoms with Crippen molar-refractivity contribution in [3.63, 3.8) is 0 Å². The fraction of sp³-hybridized carbons (Fsp3) is 0.857. The van der Waals surface area contributed by atoms with E-state index in [2.05, 4.69) is 5.32 Å². The van der Waals surface area contributed by atoms with E-state index in [-0.39, 0.29) is 24.5 Å². The van der Waals surface area contributed by atoms with Crippen LogP contribution < -0.4 is 5.32 Å². The summed E-state index contributed by atoms with van der Waals surface area (Å²) in [6, 6.07) is 0.0853. The Bertz CT molecular complexity index is 158. The van der Waals surface area contributed by atoms with Gasteiger partial charge in [0.25, 0.3) is 0 Å². The fourth-order valence-corrected chi connectivity index (χ4v) is 0.929. The minimum Gasteiger partial charge on any atom is -0.396 e. The number of nitrogens with one attached hydrogen (secondary N) is 1. The van der Waals surface area contributed by atoms with E-state index in [1.807, 2.05) is 0 Å². The van der Waals surface area contributed by atoms with E-state index in [4.69, 9.17) is 10.2 Å². The first kappa shape index (κ1) is 8.49. The van der Waals surface area contributed by atoms with Gasteiger partial charge < -0.3 is 15.5 Å². The summed E-state index contributed by atoms with van der Waals surface area (Å²) in [6.07, 6.45) is -0.121. The number of hydrogen-bond acceptors (Lipinski definition) is 3. The van der Waals surface area contributed by atoms with Gasteiger partial charge in [0, 0.05) is 18.6 Å². The van der Waals surface area contributed by atoms with Crippen molar-refractivity contribution in [2.24, 2.45) is 5.92 Å². The Labute approximate surface area is 65.2 Å². The number of hydrogen-bond donors (Lipinski definition) is 3. The van der Waals surface area contributed by atoms with Gasteiger partial charge in [-0.05, 0) is 13.3 Å². The maximum atomic E-state index is 10.8. The monoisotopic (exact) mass is 159 g/mol. The smallest absolute Gasteiger partial charge is 0.248 e. The van der Waals surface area contributed by atoms with E-state index in [1.165, 1.54) is 6.92 Å². The second-order valence-electron chi connectivity index (χ2n) is 2.97. The highest BCUT2D eigenvalue weighted by atomic mass is 16.3. The first-order valence-electron chi connectivity index (χ1n) is 3.74. The van der Waals surface area contributed by atoms with E-state index in [0.29, 0.717) is 0 Å². The van der Waals surface area contributed by atoms with E-state index >= 15 is 0 Å². The Kier molecular flexibility index (Phi) is 2.46. The molecule has 4 heteroatoms. The Morgan fingerprint density at radius 1 is 1.82 bits per heavy atom. The largest absolute Gasteiger partial charge is 0.396 e. The molecule has 64 valence electrons. The average Bonchev–Trinajstić information content (AvgIpc) is 2.67. The van der Waals surface area contributed by atoms with Crippen LogP contribution in [-0.2, 0) is 4.79 Å². The lowest BCUT2D eigenvalue weighted by atomic mass is 10.3. The quantitative estimate of drug-likeness (QED) is 0.487. The Morgan fingerprint density at radius 2 is 2.45 bits per heavy atom. The van der Waals surface area contributed by atoms with Crippen LogP contribution in [0.5, 0.6) is 0 Å². The second-order valence-corrected chi connectivity index (χ2v) is 2.97. The molecule has 1 amide bonds. The van der Waals surface area contributed by atoms with Crippen molar-refractivity contribution in [2.45, 2.75) is 25.5 Å². The molecule has 0 bridgehead atoms. The maximum Gasteiger partial charge on any atom is 0.248 e. The van der Waals surface area contributed by atoms with Crippen LogP contribution >= 0.6 is 0 Å². The molecule has 1 rings (SSSR count). The predicted octanol–water partition coefficient (Wildman–Crippen LogP) is -1.14. The van der Waals surface area contributed by atoms with Crippen LogP contribution in [0.3, 0.4) is 0 Å². The summed E-state index contributed by atoms with van der Waals surface area (Å²) < 4.78 is 0. The number of aliphatic hydroxyl groups excluding tert-OH is 2. The highest BCUT2D eigenvalue weighted by Gasteiger charge is 2.37. The summed E-state index contributed by atoms with van der Waals surface area (Å²) in [6.45, 7) is 1.54. The molecule has 0 radical (unpaired) electrons. The van der Waals surface area contributed by atoms with Crippen LogP contribution in [0, 0.1) is 5.92 Å². The van der Waals surface area contributed by atoms with Crippen molar-refractivity contribution in [1.29, 1.82) is 0 Å². The van der Waals surface area contributed by atoms with Crippen LogP contribution in [-0.4, -0.2) is 34.9 Å². The number of carbonyl (C=O) groups is 1. The molecule has 0 aromatic rings. The Hall–Kier alpha value is -0.610. The second kappa shape index (κ2) is 3.19. The standard InChI is InChI=1S/C7H13NO3/c1-4(10)7(11)8-6-2-5(6)3-9/h4-6,9-10H,2-3H2,1H3,(H,8,11)/t4?,5-,6+/m0/s1. The molecule has 3 atom stereocenters. The van der Waals surface area contributed by atoms with Crippen molar-refractivity contribution in [1.82, 2.24) is 5.32 Å². The molecule has 0 aromatic carbocycles. The molecule has 1 unspecified atom stereocenters. The molecule has 0 spiro atoms.